The van der Waals surface area contributed by atoms with Crippen molar-refractivity contribution in [3.63, 3.8) is 0 Å². The van der Waals surface area contributed by atoms with Gasteiger partial charge in [-0.05, 0) is 39.3 Å². The maximum absolute atomic E-state index is 14.1. The van der Waals surface area contributed by atoms with Crippen LogP contribution in [0.3, 0.4) is 0 Å². The van der Waals surface area contributed by atoms with Crippen molar-refractivity contribution in [3.8, 4) is 5.88 Å². The summed E-state index contributed by atoms with van der Waals surface area (Å²) in [7, 11) is 18.8. The molecule has 4 rings (SSSR count). The van der Waals surface area contributed by atoms with Crippen molar-refractivity contribution in [2.75, 3.05) is 96.2 Å². The van der Waals surface area contributed by atoms with Crippen molar-refractivity contribution in [1.82, 2.24) is 4.57 Å². The number of benzene rings is 1. The normalized spacial score (nSPS) is 18.1. The second-order valence-electron chi connectivity index (χ2n) is 15.0. The zero-order valence-electron chi connectivity index (χ0n) is 27.3. The summed E-state index contributed by atoms with van der Waals surface area (Å²) < 4.78 is 3.99. The summed E-state index contributed by atoms with van der Waals surface area (Å²) in [5.74, 6) is -1.07. The van der Waals surface area contributed by atoms with E-state index in [1.165, 1.54) is 4.57 Å². The summed E-state index contributed by atoms with van der Waals surface area (Å²) in [6.07, 6.45) is 3.82. The number of aromatic nitrogens is 1. The zero-order valence-corrected chi connectivity index (χ0v) is 28.9. The van der Waals surface area contributed by atoms with E-state index in [1.54, 1.807) is 12.1 Å². The Balaban J connectivity index is 1.91. The molecule has 0 radical (unpaired) electrons. The van der Waals surface area contributed by atoms with E-state index in [9.17, 15) is 19.5 Å². The largest absolute Gasteiger partial charge is 0.860 e. The molecule has 2 aliphatic rings. The van der Waals surface area contributed by atoms with Crippen LogP contribution in [0, 0.1) is 0 Å². The predicted molar refractivity (Wildman–Crippen MR) is 172 cm³/mol. The Morgan fingerprint density at radius 3 is 2.00 bits per heavy atom. The third kappa shape index (κ3) is 7.17. The van der Waals surface area contributed by atoms with E-state index in [-0.39, 0.29) is 23.3 Å². The first-order valence-electron chi connectivity index (χ1n) is 15.0. The van der Waals surface area contributed by atoms with Crippen LogP contribution in [0.15, 0.2) is 26.4 Å². The van der Waals surface area contributed by atoms with Crippen molar-refractivity contribution in [3.05, 3.63) is 43.7 Å². The molecular formula is C32H48BrN6O4+3. The molecule has 234 valence electrons. The second kappa shape index (κ2) is 12.0. The number of amides is 2. The summed E-state index contributed by atoms with van der Waals surface area (Å²) in [6.45, 7) is 3.60. The summed E-state index contributed by atoms with van der Waals surface area (Å²) in [6, 6.07) is 1.66. The van der Waals surface area contributed by atoms with Gasteiger partial charge in [-0.2, -0.15) is 0 Å². The summed E-state index contributed by atoms with van der Waals surface area (Å²) >= 11 is 3.57. The van der Waals surface area contributed by atoms with Gasteiger partial charge in [0.15, 0.2) is 0 Å². The van der Waals surface area contributed by atoms with Crippen LogP contribution >= 0.6 is 15.9 Å². The van der Waals surface area contributed by atoms with Crippen LogP contribution in [0.5, 0.6) is 5.88 Å². The average Bonchev–Trinajstić information content (AvgIpc) is 2.86. The lowest BCUT2D eigenvalue weighted by molar-refractivity contribution is -0.873. The van der Waals surface area contributed by atoms with Crippen LogP contribution in [0.4, 0.5) is 0 Å². The third-order valence-corrected chi connectivity index (χ3v) is 8.65. The summed E-state index contributed by atoms with van der Waals surface area (Å²) in [5.41, 5.74) is 1.41. The minimum Gasteiger partial charge on any atom is -0.860 e. The molecule has 1 aliphatic carbocycles. The Morgan fingerprint density at radius 2 is 1.40 bits per heavy atom. The first-order valence-corrected chi connectivity index (χ1v) is 15.8. The maximum Gasteiger partial charge on any atom is 0.353 e. The molecule has 10 nitrogen and oxygen atoms in total. The highest BCUT2D eigenvalue weighted by Gasteiger charge is 2.45. The molecule has 11 heteroatoms. The molecule has 0 saturated heterocycles. The van der Waals surface area contributed by atoms with Gasteiger partial charge in [0.1, 0.15) is 5.56 Å². The highest BCUT2D eigenvalue weighted by molar-refractivity contribution is 9.10. The molecular weight excluding hydrogens is 612 g/mol. The molecule has 1 unspecified atom stereocenters. The fourth-order valence-electron chi connectivity index (χ4n) is 5.90. The number of aliphatic imine (C=N–C) groups is 1. The number of imide groups is 1. The molecule has 1 aromatic heterocycles. The van der Waals surface area contributed by atoms with Crippen molar-refractivity contribution in [2.24, 2.45) is 4.99 Å². The smallest absolute Gasteiger partial charge is 0.353 e. The molecule has 1 N–H and O–H groups in total. The van der Waals surface area contributed by atoms with Gasteiger partial charge < -0.3 is 23.1 Å². The number of halogens is 1. The van der Waals surface area contributed by atoms with Crippen molar-refractivity contribution in [1.29, 1.82) is 0 Å². The van der Waals surface area contributed by atoms with Gasteiger partial charge in [-0.15, -0.1) is 0 Å². The number of hydrogen-bond donors (Lipinski definition) is 1. The number of pyridine rings is 1. The minimum atomic E-state index is -0.415. The van der Waals surface area contributed by atoms with Gasteiger partial charge in [-0.25, -0.2) is 14.5 Å². The Kier molecular flexibility index (Phi) is 9.27. The SMILES string of the molecule is C[N+](C)(C)CCCN=C1C=C2C(=O)[NH+](CCC[N+](C)(C)C)C(=O)c3c(Br)cc4c([O-])n(CCC[N+](C)(C)C)c(=O)c1c4c32. The van der Waals surface area contributed by atoms with Gasteiger partial charge >= 0.3 is 11.8 Å². The van der Waals surface area contributed by atoms with Gasteiger partial charge in [-0.3, -0.25) is 9.79 Å². The van der Waals surface area contributed by atoms with Crippen LogP contribution in [0.1, 0.15) is 40.7 Å². The molecule has 43 heavy (non-hydrogen) atoms. The van der Waals surface area contributed by atoms with Gasteiger partial charge in [0, 0.05) is 47.8 Å². The van der Waals surface area contributed by atoms with Crippen LogP contribution in [-0.2, 0) is 11.3 Å². The van der Waals surface area contributed by atoms with E-state index < -0.39 is 11.4 Å². The maximum atomic E-state index is 14.1. The molecule has 0 spiro atoms. The van der Waals surface area contributed by atoms with Crippen molar-refractivity contribution < 1.29 is 33.0 Å². The monoisotopic (exact) mass is 659 g/mol. The molecule has 1 aromatic carbocycles. The third-order valence-electron chi connectivity index (χ3n) is 8.03. The van der Waals surface area contributed by atoms with E-state index in [4.69, 9.17) is 4.99 Å². The average molecular weight is 661 g/mol. The van der Waals surface area contributed by atoms with Crippen LogP contribution < -0.4 is 15.6 Å². The van der Waals surface area contributed by atoms with E-state index in [2.05, 4.69) is 79.4 Å². The number of carbonyl (C=O) groups excluding carboxylic acids is 2. The van der Waals surface area contributed by atoms with Gasteiger partial charge in [0.2, 0.25) is 0 Å². The second-order valence-corrected chi connectivity index (χ2v) is 15.8. The van der Waals surface area contributed by atoms with E-state index >= 15 is 0 Å². The minimum absolute atomic E-state index is 0.246. The Labute approximate surface area is 263 Å². The molecule has 0 saturated carbocycles. The molecule has 2 aromatic rings. The van der Waals surface area contributed by atoms with E-state index in [0.717, 1.165) is 35.0 Å². The quantitative estimate of drug-likeness (QED) is 0.208. The van der Waals surface area contributed by atoms with Crippen LogP contribution in [-0.4, -0.2) is 132 Å². The van der Waals surface area contributed by atoms with E-state index in [1.807, 2.05) is 0 Å². The fraction of sp³-hybridized carbons (Fsp3) is 0.562. The van der Waals surface area contributed by atoms with Crippen molar-refractivity contribution >= 4 is 49.8 Å². The molecule has 1 atom stereocenters. The first-order chi connectivity index (χ1) is 19.8. The van der Waals surface area contributed by atoms with Gasteiger partial charge in [0.05, 0.1) is 106 Å². The summed E-state index contributed by atoms with van der Waals surface area (Å²) in [5, 5.41) is 14.6. The van der Waals surface area contributed by atoms with Gasteiger partial charge in [0.25, 0.3) is 5.56 Å². The molecule has 1 aliphatic heterocycles. The lowest BCUT2D eigenvalue weighted by Gasteiger charge is -2.31. The van der Waals surface area contributed by atoms with E-state index in [0.29, 0.717) is 73.6 Å². The lowest BCUT2D eigenvalue weighted by Crippen LogP contribution is -3.18. The predicted octanol–water partition coefficient (Wildman–Crippen LogP) is 0.878. The highest BCUT2D eigenvalue weighted by Crippen LogP contribution is 2.41. The Bertz CT molecular complexity index is 1580. The fourth-order valence-corrected chi connectivity index (χ4v) is 6.50. The number of quaternary nitrogens is 4. The number of nitrogens with one attached hydrogen (secondary N) is 1. The molecule has 2 amide bonds. The molecule has 2 heterocycles. The zero-order chi connectivity index (χ0) is 32.1. The van der Waals surface area contributed by atoms with Gasteiger partial charge in [-0.1, -0.05) is 0 Å². The number of hydrogen-bond acceptors (Lipinski definition) is 5. The van der Waals surface area contributed by atoms with Crippen molar-refractivity contribution in [2.45, 2.75) is 25.8 Å². The van der Waals surface area contributed by atoms with Crippen LogP contribution in [0.2, 0.25) is 0 Å². The number of allylic oxidation sites excluding steroid dienone is 1. The summed E-state index contributed by atoms with van der Waals surface area (Å²) in [4.78, 5) is 47.1. The topological polar surface area (TPSA) is 96.0 Å². The first kappa shape index (κ1) is 33.2. The molecule has 0 fully saturated rings. The highest BCUT2D eigenvalue weighted by atomic mass is 79.9. The van der Waals surface area contributed by atoms with Crippen LogP contribution in [0.25, 0.3) is 16.3 Å². The number of nitrogens with zero attached hydrogens (tertiary/aromatic N) is 5. The molecule has 0 bridgehead atoms. The Morgan fingerprint density at radius 1 is 0.814 bits per heavy atom. The number of carbonyl (C=O) groups is 2. The Hall–Kier alpha value is -2.70. The lowest BCUT2D eigenvalue weighted by atomic mass is 9.81. The standard InChI is InChI=1S/C32H47BrN6O4/c1-37(2,3)16-10-13-34-24-20-22-25-26-21(29(40)36(32(43)28(24)26)15-12-18-39(7,8)9)19-23(33)27(25)31(42)35(30(22)41)14-11-17-38(4,5)6/h19-20H,10-18H2,1-9H3/q+2/p+1. The number of rotatable bonds is 12.